The predicted molar refractivity (Wildman–Crippen MR) is 111 cm³/mol. The third-order valence-corrected chi connectivity index (χ3v) is 5.30. The Hall–Kier alpha value is -2.54. The number of imide groups is 1. The Bertz CT molecular complexity index is 1160. The lowest BCUT2D eigenvalue weighted by atomic mass is 10.0. The normalized spacial score (nSPS) is 13.6. The van der Waals surface area contributed by atoms with Crippen LogP contribution in [0.2, 0.25) is 10.0 Å². The minimum absolute atomic E-state index is 0.0164. The fraction of sp³-hybridized carbons (Fsp3) is 0.150. The molecule has 1 aromatic heterocycles. The van der Waals surface area contributed by atoms with Gasteiger partial charge in [-0.25, -0.2) is 0 Å². The number of hydrogen-bond acceptors (Lipinski definition) is 5. The zero-order valence-electron chi connectivity index (χ0n) is 15.0. The first-order chi connectivity index (χ1) is 13.7. The lowest BCUT2D eigenvalue weighted by Crippen LogP contribution is -2.16. The molecule has 2 amide bonds. The Labute approximate surface area is 180 Å². The fourth-order valence-electron chi connectivity index (χ4n) is 2.85. The standard InChI is InChI=1S/C16H10Cl2O3.C4H4ClNO2/c1-8-12(9-5-3-2-4-6-9)14(19)10-7-11(17)15(20)13(18)16(10)21-8;5-6-3(7)1-2-4(6)8/h2-7,20H,1H3;1-2H2. The largest absolute Gasteiger partial charge is 0.505 e. The summed E-state index contributed by atoms with van der Waals surface area (Å²) < 4.78 is 6.28. The molecule has 0 atom stereocenters. The molecule has 29 heavy (non-hydrogen) atoms. The molecule has 1 saturated heterocycles. The van der Waals surface area contributed by atoms with Crippen LogP contribution in [0, 0.1) is 6.92 Å². The lowest BCUT2D eigenvalue weighted by Gasteiger charge is -2.09. The molecule has 0 unspecified atom stereocenters. The van der Waals surface area contributed by atoms with Crippen molar-refractivity contribution < 1.29 is 19.1 Å². The van der Waals surface area contributed by atoms with Gasteiger partial charge in [-0.1, -0.05) is 53.5 Å². The Morgan fingerprint density at radius 2 is 1.62 bits per heavy atom. The van der Waals surface area contributed by atoms with Crippen molar-refractivity contribution in [3.63, 3.8) is 0 Å². The Balaban J connectivity index is 0.000000252. The van der Waals surface area contributed by atoms with Crippen molar-refractivity contribution in [1.29, 1.82) is 0 Å². The predicted octanol–water partition coefficient (Wildman–Crippen LogP) is 5.07. The van der Waals surface area contributed by atoms with E-state index in [4.69, 9.17) is 39.4 Å². The van der Waals surface area contributed by atoms with E-state index < -0.39 is 0 Å². The van der Waals surface area contributed by atoms with Gasteiger partial charge in [0.2, 0.25) is 17.2 Å². The van der Waals surface area contributed by atoms with Gasteiger partial charge in [0.15, 0.2) is 11.3 Å². The van der Waals surface area contributed by atoms with E-state index in [1.54, 1.807) is 6.92 Å². The van der Waals surface area contributed by atoms with Gasteiger partial charge in [-0.2, -0.15) is 4.42 Å². The van der Waals surface area contributed by atoms with Gasteiger partial charge in [-0.05, 0) is 18.6 Å². The number of halogens is 3. The molecule has 3 aromatic rings. The number of carbonyl (C=O) groups is 2. The number of fused-ring (bicyclic) bond motifs is 1. The van der Waals surface area contributed by atoms with Gasteiger partial charge in [0.1, 0.15) is 10.8 Å². The highest BCUT2D eigenvalue weighted by molar-refractivity contribution is 6.40. The summed E-state index contributed by atoms with van der Waals surface area (Å²) in [4.78, 5) is 33.4. The number of hydrogen-bond donors (Lipinski definition) is 1. The first-order valence-electron chi connectivity index (χ1n) is 8.43. The molecule has 4 rings (SSSR count). The highest BCUT2D eigenvalue weighted by atomic mass is 35.5. The molecule has 0 saturated carbocycles. The molecule has 2 heterocycles. The van der Waals surface area contributed by atoms with Gasteiger partial charge in [0, 0.05) is 24.6 Å². The monoisotopic (exact) mass is 453 g/mol. The van der Waals surface area contributed by atoms with Crippen LogP contribution in [0.15, 0.2) is 45.6 Å². The Morgan fingerprint density at radius 1 is 1.03 bits per heavy atom. The van der Waals surface area contributed by atoms with Crippen LogP contribution in [0.5, 0.6) is 5.75 Å². The van der Waals surface area contributed by atoms with E-state index in [-0.39, 0.29) is 56.8 Å². The van der Waals surface area contributed by atoms with E-state index in [9.17, 15) is 19.5 Å². The second kappa shape index (κ2) is 8.45. The van der Waals surface area contributed by atoms with Crippen LogP contribution in [0.1, 0.15) is 18.6 Å². The molecular formula is C20H14Cl3NO5. The molecule has 2 aromatic carbocycles. The number of aromatic hydroxyl groups is 1. The summed E-state index contributed by atoms with van der Waals surface area (Å²) >= 11 is 17.0. The van der Waals surface area contributed by atoms with E-state index in [0.717, 1.165) is 5.56 Å². The number of phenols is 1. The summed E-state index contributed by atoms with van der Waals surface area (Å²) in [7, 11) is 0. The number of phenolic OH excluding ortho intramolecular Hbond substituents is 1. The number of benzene rings is 2. The fourth-order valence-corrected chi connectivity index (χ4v) is 3.51. The van der Waals surface area contributed by atoms with E-state index in [1.807, 2.05) is 30.3 Å². The molecule has 0 bridgehead atoms. The van der Waals surface area contributed by atoms with Gasteiger partial charge in [-0.15, -0.1) is 0 Å². The molecule has 150 valence electrons. The smallest absolute Gasteiger partial charge is 0.244 e. The molecule has 1 N–H and O–H groups in total. The maximum Gasteiger partial charge on any atom is 0.244 e. The van der Waals surface area contributed by atoms with Crippen LogP contribution in [0.4, 0.5) is 0 Å². The Morgan fingerprint density at radius 3 is 2.14 bits per heavy atom. The second-order valence-electron chi connectivity index (χ2n) is 6.19. The van der Waals surface area contributed by atoms with Crippen molar-refractivity contribution >= 4 is 57.8 Å². The van der Waals surface area contributed by atoms with E-state index >= 15 is 0 Å². The SMILES string of the molecule is Cc1oc2c(Cl)c(O)c(Cl)cc2c(=O)c1-c1ccccc1.O=C1CCC(=O)N1Cl. The van der Waals surface area contributed by atoms with E-state index in [1.165, 1.54) is 6.07 Å². The van der Waals surface area contributed by atoms with Crippen LogP contribution in [-0.4, -0.2) is 21.3 Å². The van der Waals surface area contributed by atoms with E-state index in [0.29, 0.717) is 15.7 Å². The van der Waals surface area contributed by atoms with Crippen LogP contribution in [-0.2, 0) is 9.59 Å². The average Bonchev–Trinajstić information content (AvgIpc) is 3.00. The van der Waals surface area contributed by atoms with Crippen molar-refractivity contribution in [3.05, 3.63) is 62.4 Å². The molecule has 1 aliphatic rings. The van der Waals surface area contributed by atoms with Crippen molar-refractivity contribution in [2.45, 2.75) is 19.8 Å². The van der Waals surface area contributed by atoms with Crippen molar-refractivity contribution in [2.24, 2.45) is 0 Å². The van der Waals surface area contributed by atoms with Gasteiger partial charge in [0.25, 0.3) is 0 Å². The number of amides is 2. The second-order valence-corrected chi connectivity index (χ2v) is 7.32. The van der Waals surface area contributed by atoms with E-state index in [2.05, 4.69) is 0 Å². The van der Waals surface area contributed by atoms with Crippen LogP contribution < -0.4 is 5.43 Å². The molecule has 9 heteroatoms. The number of nitrogens with zero attached hydrogens (tertiary/aromatic N) is 1. The highest BCUT2D eigenvalue weighted by Gasteiger charge is 2.26. The lowest BCUT2D eigenvalue weighted by molar-refractivity contribution is -0.132. The van der Waals surface area contributed by atoms with Crippen molar-refractivity contribution in [1.82, 2.24) is 4.42 Å². The maximum atomic E-state index is 12.7. The van der Waals surface area contributed by atoms with Crippen LogP contribution >= 0.6 is 35.0 Å². The third kappa shape index (κ3) is 4.10. The molecule has 6 nitrogen and oxygen atoms in total. The minimum atomic E-state index is -0.295. The number of aryl methyl sites for hydroxylation is 1. The summed E-state index contributed by atoms with van der Waals surface area (Å²) in [6.07, 6.45) is 0.532. The summed E-state index contributed by atoms with van der Waals surface area (Å²) in [6.45, 7) is 1.69. The topological polar surface area (TPSA) is 87.8 Å². The van der Waals surface area contributed by atoms with Gasteiger partial charge in [-0.3, -0.25) is 14.4 Å². The zero-order chi connectivity index (χ0) is 21.3. The average molecular weight is 455 g/mol. The summed E-state index contributed by atoms with van der Waals surface area (Å²) in [5.74, 6) is -0.448. The molecule has 1 fully saturated rings. The van der Waals surface area contributed by atoms with Crippen molar-refractivity contribution in [3.8, 4) is 16.9 Å². The molecule has 1 aliphatic heterocycles. The van der Waals surface area contributed by atoms with Crippen LogP contribution in [0.25, 0.3) is 22.1 Å². The first-order valence-corrected chi connectivity index (χ1v) is 9.53. The van der Waals surface area contributed by atoms with Crippen LogP contribution in [0.3, 0.4) is 0 Å². The maximum absolute atomic E-state index is 12.7. The number of rotatable bonds is 1. The molecule has 0 aliphatic carbocycles. The zero-order valence-corrected chi connectivity index (χ0v) is 17.3. The molecule has 0 radical (unpaired) electrons. The molecular weight excluding hydrogens is 441 g/mol. The van der Waals surface area contributed by atoms with Crippen molar-refractivity contribution in [2.75, 3.05) is 0 Å². The Kier molecular flexibility index (Phi) is 6.17. The minimum Gasteiger partial charge on any atom is -0.505 e. The quantitative estimate of drug-likeness (QED) is 0.410. The molecule has 0 spiro atoms. The first kappa shape index (κ1) is 21.2. The highest BCUT2D eigenvalue weighted by Crippen LogP contribution is 2.38. The van der Waals surface area contributed by atoms with Gasteiger partial charge in [0.05, 0.1) is 16.0 Å². The van der Waals surface area contributed by atoms with Gasteiger partial charge < -0.3 is 9.52 Å². The summed E-state index contributed by atoms with van der Waals surface area (Å²) in [5.41, 5.74) is 1.12. The summed E-state index contributed by atoms with van der Waals surface area (Å²) in [5, 5.41) is 9.95. The number of carbonyl (C=O) groups excluding carboxylic acids is 2. The third-order valence-electron chi connectivity index (χ3n) is 4.28. The van der Waals surface area contributed by atoms with Gasteiger partial charge >= 0.3 is 0 Å². The summed E-state index contributed by atoms with van der Waals surface area (Å²) in [6, 6.07) is 10.6.